The zero-order chi connectivity index (χ0) is 54.5. The summed E-state index contributed by atoms with van der Waals surface area (Å²) in [6.45, 7) is 8.60. The molecular formula is C76H54B4N2. The van der Waals surface area contributed by atoms with E-state index in [2.05, 4.69) is 292 Å². The van der Waals surface area contributed by atoms with Gasteiger partial charge in [-0.3, -0.25) is 0 Å². The molecule has 5 aliphatic rings. The first kappa shape index (κ1) is 47.3. The standard InChI is InChI=1S/C76H54B4N2/c1-47-11-19-51(20-12-47)55-27-35-59(36-28-55)77-63-7-5-8-64-71(63)81-73-67(77)43-44-68-74(73)82-72-65(79(68)61-39-31-57(32-40-61)53-23-15-49(3)16-24-53)9-6-10-66(72)80(62-41-33-58(34-42-62)54-25-17-50(4)18-26-54)70-46-45-69(75(81)76(70)82)78(64)60-37-29-56(30-38-60)52-21-13-48(2)14-22-52/h5-46H,1-4H3. The Morgan fingerprint density at radius 2 is 0.354 bits per heavy atom. The van der Waals surface area contributed by atoms with Gasteiger partial charge in [0, 0.05) is 11.4 Å². The predicted molar refractivity (Wildman–Crippen MR) is 354 cm³/mol. The summed E-state index contributed by atoms with van der Waals surface area (Å²) >= 11 is 0. The van der Waals surface area contributed by atoms with Crippen LogP contribution in [-0.4, -0.2) is 26.9 Å². The number of rotatable bonds is 8. The summed E-state index contributed by atoms with van der Waals surface area (Å²) in [6.07, 6.45) is 0. The lowest BCUT2D eigenvalue weighted by molar-refractivity contribution is 1.19. The highest BCUT2D eigenvalue weighted by atomic mass is 15.3. The van der Waals surface area contributed by atoms with Gasteiger partial charge in [0.1, 0.15) is 0 Å². The molecule has 17 rings (SSSR count). The Morgan fingerprint density at radius 3 is 0.549 bits per heavy atom. The van der Waals surface area contributed by atoms with Crippen molar-refractivity contribution in [1.82, 2.24) is 0 Å². The minimum absolute atomic E-state index is 0.0112. The lowest BCUT2D eigenvalue weighted by Gasteiger charge is -2.55. The smallest absolute Gasteiger partial charge is 0.246 e. The van der Waals surface area contributed by atoms with E-state index >= 15 is 0 Å². The molecule has 12 aromatic carbocycles. The largest absolute Gasteiger partial charge is 0.308 e. The number of anilines is 6. The van der Waals surface area contributed by atoms with Crippen molar-refractivity contribution in [2.45, 2.75) is 27.7 Å². The van der Waals surface area contributed by atoms with E-state index in [4.69, 9.17) is 0 Å². The monoisotopic (exact) mass is 1040 g/mol. The molecule has 0 fully saturated rings. The average molecular weight is 1040 g/mol. The Labute approximate surface area is 482 Å². The maximum Gasteiger partial charge on any atom is 0.246 e. The average Bonchev–Trinajstić information content (AvgIpc) is 1.15. The topological polar surface area (TPSA) is 6.48 Å². The van der Waals surface area contributed by atoms with Crippen LogP contribution in [0, 0.1) is 27.7 Å². The van der Waals surface area contributed by atoms with Crippen molar-refractivity contribution >= 4 is 127 Å². The van der Waals surface area contributed by atoms with Crippen molar-refractivity contribution in [3.8, 4) is 44.5 Å². The number of benzene rings is 12. The first-order chi connectivity index (χ1) is 40.3. The van der Waals surface area contributed by atoms with Crippen LogP contribution < -0.4 is 75.4 Å². The number of para-hydroxylation sites is 2. The van der Waals surface area contributed by atoms with Crippen LogP contribution in [0.25, 0.3) is 44.5 Å². The molecule has 0 bridgehead atoms. The van der Waals surface area contributed by atoms with Crippen LogP contribution in [0.3, 0.4) is 0 Å². The minimum atomic E-state index is -0.0112. The molecule has 0 spiro atoms. The van der Waals surface area contributed by atoms with E-state index in [9.17, 15) is 0 Å². The van der Waals surface area contributed by atoms with Crippen LogP contribution in [0.2, 0.25) is 0 Å². The van der Waals surface area contributed by atoms with E-state index in [0.717, 1.165) is 0 Å². The molecule has 0 saturated heterocycles. The van der Waals surface area contributed by atoms with Crippen molar-refractivity contribution in [2.75, 3.05) is 9.80 Å². The van der Waals surface area contributed by atoms with Crippen LogP contribution in [-0.2, 0) is 0 Å². The molecule has 0 N–H and O–H groups in total. The van der Waals surface area contributed by atoms with Crippen molar-refractivity contribution in [1.29, 1.82) is 0 Å². The molecule has 5 aliphatic heterocycles. The molecule has 380 valence electrons. The molecule has 0 radical (unpaired) electrons. The van der Waals surface area contributed by atoms with E-state index < -0.39 is 0 Å². The van der Waals surface area contributed by atoms with Gasteiger partial charge in [-0.1, -0.05) is 299 Å². The van der Waals surface area contributed by atoms with Gasteiger partial charge in [0.15, 0.2) is 0 Å². The minimum Gasteiger partial charge on any atom is -0.308 e. The first-order valence-electron chi connectivity index (χ1n) is 29.2. The third-order valence-corrected chi connectivity index (χ3v) is 19.0. The van der Waals surface area contributed by atoms with Crippen molar-refractivity contribution in [3.63, 3.8) is 0 Å². The SMILES string of the molecule is Cc1ccc(-c2ccc(B3c4cccc5c4N4c6c3ccc3c6N6c7c(cccc7B(c7ccc(-c8ccc(C)cc8)cc7)c7ccc(c4c76)B5c4ccc(-c5ccc(C)cc5)cc4)B3c3ccc(-c4ccc(C)cc4)cc3)cc2)cc1. The summed E-state index contributed by atoms with van der Waals surface area (Å²) in [7, 11) is 0. The van der Waals surface area contributed by atoms with Gasteiger partial charge < -0.3 is 9.80 Å². The van der Waals surface area contributed by atoms with E-state index in [-0.39, 0.29) is 26.9 Å². The van der Waals surface area contributed by atoms with Gasteiger partial charge in [-0.2, -0.15) is 0 Å². The van der Waals surface area contributed by atoms with Gasteiger partial charge in [0.05, 0.1) is 22.7 Å². The molecule has 6 heteroatoms. The highest BCUT2D eigenvalue weighted by Gasteiger charge is 2.54. The first-order valence-corrected chi connectivity index (χ1v) is 29.2. The Morgan fingerprint density at radius 1 is 0.183 bits per heavy atom. The lowest BCUT2D eigenvalue weighted by Crippen LogP contribution is -2.70. The number of nitrogens with zero attached hydrogens (tertiary/aromatic N) is 2. The zero-order valence-corrected chi connectivity index (χ0v) is 46.5. The second kappa shape index (κ2) is 18.0. The van der Waals surface area contributed by atoms with Crippen LogP contribution in [0.15, 0.2) is 255 Å². The second-order valence-corrected chi connectivity index (χ2v) is 23.8. The fraction of sp³-hybridized carbons (Fsp3) is 0.0526. The summed E-state index contributed by atoms with van der Waals surface area (Å²) in [5, 5.41) is 0. The molecule has 0 saturated carbocycles. The highest BCUT2D eigenvalue weighted by molar-refractivity contribution is 7.05. The normalized spacial score (nSPS) is 13.5. The summed E-state index contributed by atoms with van der Waals surface area (Å²) < 4.78 is 0. The second-order valence-electron chi connectivity index (χ2n) is 23.8. The number of aryl methyl sites for hydroxylation is 4. The maximum atomic E-state index is 2.77. The molecule has 0 unspecified atom stereocenters. The van der Waals surface area contributed by atoms with E-state index in [0.29, 0.717) is 0 Å². The quantitative estimate of drug-likeness (QED) is 0.140. The summed E-state index contributed by atoms with van der Waals surface area (Å²) in [5.41, 5.74) is 38.9. The Balaban J connectivity index is 0.929. The predicted octanol–water partition coefficient (Wildman–Crippen LogP) is 10.2. The van der Waals surface area contributed by atoms with Gasteiger partial charge in [0.25, 0.3) is 0 Å². The van der Waals surface area contributed by atoms with Gasteiger partial charge in [0.2, 0.25) is 26.9 Å². The molecule has 82 heavy (non-hydrogen) atoms. The molecule has 0 amide bonds. The van der Waals surface area contributed by atoms with Crippen molar-refractivity contribution in [3.05, 3.63) is 277 Å². The summed E-state index contributed by atoms with van der Waals surface area (Å²) in [4.78, 5) is 5.54. The molecule has 12 aromatic rings. The van der Waals surface area contributed by atoms with Crippen LogP contribution in [0.5, 0.6) is 0 Å². The van der Waals surface area contributed by atoms with Crippen molar-refractivity contribution < 1.29 is 0 Å². The fourth-order valence-corrected chi connectivity index (χ4v) is 14.9. The molecule has 5 heterocycles. The van der Waals surface area contributed by atoms with Crippen LogP contribution in [0.1, 0.15) is 22.3 Å². The van der Waals surface area contributed by atoms with Crippen molar-refractivity contribution in [2.24, 2.45) is 0 Å². The van der Waals surface area contributed by atoms with E-state index in [1.165, 1.54) is 166 Å². The van der Waals surface area contributed by atoms with Gasteiger partial charge >= 0.3 is 0 Å². The Kier molecular flexibility index (Phi) is 10.4. The molecule has 0 aromatic heterocycles. The molecular weight excluding hydrogens is 984 g/mol. The van der Waals surface area contributed by atoms with Gasteiger partial charge in [-0.05, 0) is 116 Å². The maximum absolute atomic E-state index is 2.77. The summed E-state index contributed by atoms with van der Waals surface area (Å²) in [5.74, 6) is 0. The lowest BCUT2D eigenvalue weighted by atomic mass is 9.27. The molecule has 0 atom stereocenters. The van der Waals surface area contributed by atoms with Gasteiger partial charge in [-0.15, -0.1) is 0 Å². The number of hydrogen-bond acceptors (Lipinski definition) is 2. The van der Waals surface area contributed by atoms with E-state index in [1.807, 2.05) is 0 Å². The van der Waals surface area contributed by atoms with E-state index in [1.54, 1.807) is 0 Å². The van der Waals surface area contributed by atoms with Crippen LogP contribution in [0.4, 0.5) is 34.1 Å². The number of hydrogen-bond donors (Lipinski definition) is 0. The molecule has 0 aliphatic carbocycles. The van der Waals surface area contributed by atoms with Gasteiger partial charge in [-0.25, -0.2) is 0 Å². The summed E-state index contributed by atoms with van der Waals surface area (Å²) in [6, 6.07) is 98.3. The third kappa shape index (κ3) is 7.00. The fourth-order valence-electron chi connectivity index (χ4n) is 14.9. The molecule has 2 nitrogen and oxygen atoms in total. The van der Waals surface area contributed by atoms with Crippen LogP contribution >= 0.6 is 0 Å². The Hall–Kier alpha value is -9.50. The highest BCUT2D eigenvalue weighted by Crippen LogP contribution is 2.55. The Bertz CT molecular complexity index is 3990. The zero-order valence-electron chi connectivity index (χ0n) is 46.5. The third-order valence-electron chi connectivity index (χ3n) is 19.0.